The number of sulfonamides is 1. The molecule has 0 aliphatic carbocycles. The maximum Gasteiger partial charge on any atom is 0.255 e. The molecule has 1 aromatic rings. The molecule has 1 aromatic heterocycles. The Bertz CT molecular complexity index is 432. The fourth-order valence-corrected chi connectivity index (χ4v) is 1.48. The van der Waals surface area contributed by atoms with E-state index in [4.69, 9.17) is 5.14 Å². The predicted octanol–water partition coefficient (Wildman–Crippen LogP) is 1.03. The van der Waals surface area contributed by atoms with Crippen molar-refractivity contribution >= 4 is 10.0 Å². The molecule has 0 atom stereocenters. The summed E-state index contributed by atoms with van der Waals surface area (Å²) in [5, 5.41) is 4.90. The van der Waals surface area contributed by atoms with E-state index >= 15 is 0 Å². The molecule has 1 heterocycles. The highest BCUT2D eigenvalue weighted by Crippen LogP contribution is 2.20. The van der Waals surface area contributed by atoms with E-state index < -0.39 is 10.0 Å². The second-order valence-electron chi connectivity index (χ2n) is 4.16. The summed E-state index contributed by atoms with van der Waals surface area (Å²) in [5.74, 6) is 0. The zero-order valence-electron chi connectivity index (χ0n) is 8.48. The van der Waals surface area contributed by atoms with Crippen LogP contribution >= 0.6 is 0 Å². The molecule has 14 heavy (non-hydrogen) atoms. The van der Waals surface area contributed by atoms with Crippen molar-refractivity contribution in [2.45, 2.75) is 31.2 Å². The summed E-state index contributed by atoms with van der Waals surface area (Å²) in [5.41, 5.74) is 0.532. The van der Waals surface area contributed by atoms with Gasteiger partial charge in [-0.05, 0) is 12.1 Å². The third-order valence-corrected chi connectivity index (χ3v) is 2.59. The quantitative estimate of drug-likeness (QED) is 0.758. The first-order valence-electron chi connectivity index (χ1n) is 4.21. The molecule has 1 rings (SSSR count). The number of nitrogens with two attached hydrogens (primary N) is 1. The van der Waals surface area contributed by atoms with Gasteiger partial charge in [-0.25, -0.2) is 18.5 Å². The molecule has 0 aliphatic heterocycles. The zero-order valence-corrected chi connectivity index (χ0v) is 9.30. The number of aromatic nitrogens is 1. The molecule has 2 N–H and O–H groups in total. The molecule has 0 saturated carbocycles. The van der Waals surface area contributed by atoms with Crippen molar-refractivity contribution in [1.82, 2.24) is 4.98 Å². The predicted molar refractivity (Wildman–Crippen MR) is 54.3 cm³/mol. The normalized spacial score (nSPS) is 12.9. The summed E-state index contributed by atoms with van der Waals surface area (Å²) in [6.45, 7) is 5.88. The number of hydrogen-bond donors (Lipinski definition) is 1. The van der Waals surface area contributed by atoms with Crippen LogP contribution in [0.4, 0.5) is 0 Å². The summed E-state index contributed by atoms with van der Waals surface area (Å²) in [6, 6.07) is 4.83. The van der Waals surface area contributed by atoms with Crippen LogP contribution in [0.15, 0.2) is 23.2 Å². The highest BCUT2D eigenvalue weighted by molar-refractivity contribution is 7.89. The molecule has 0 radical (unpaired) electrons. The van der Waals surface area contributed by atoms with Crippen LogP contribution in [0.2, 0.25) is 0 Å². The van der Waals surface area contributed by atoms with E-state index in [9.17, 15) is 8.42 Å². The third-order valence-electron chi connectivity index (χ3n) is 1.78. The van der Waals surface area contributed by atoms with Gasteiger partial charge >= 0.3 is 0 Å². The molecule has 0 unspecified atom stereocenters. The summed E-state index contributed by atoms with van der Waals surface area (Å²) >= 11 is 0. The molecule has 0 aliphatic rings. The summed E-state index contributed by atoms with van der Waals surface area (Å²) in [7, 11) is -3.70. The van der Waals surface area contributed by atoms with Crippen molar-refractivity contribution in [3.63, 3.8) is 0 Å². The molecule has 5 heteroatoms. The number of nitrogens with zero attached hydrogens (tertiary/aromatic N) is 1. The molecule has 0 aromatic carbocycles. The van der Waals surface area contributed by atoms with Crippen LogP contribution < -0.4 is 5.14 Å². The van der Waals surface area contributed by atoms with E-state index in [1.807, 2.05) is 20.8 Å². The maximum absolute atomic E-state index is 11.0. The summed E-state index contributed by atoms with van der Waals surface area (Å²) < 4.78 is 22.1. The molecule has 78 valence electrons. The van der Waals surface area contributed by atoms with E-state index in [1.165, 1.54) is 6.07 Å². The lowest BCUT2D eigenvalue weighted by molar-refractivity contribution is 0.556. The van der Waals surface area contributed by atoms with E-state index in [0.29, 0.717) is 5.69 Å². The number of hydrogen-bond acceptors (Lipinski definition) is 3. The van der Waals surface area contributed by atoms with Crippen LogP contribution in [0.25, 0.3) is 0 Å². The highest BCUT2D eigenvalue weighted by atomic mass is 32.2. The van der Waals surface area contributed by atoms with Crippen molar-refractivity contribution in [2.24, 2.45) is 5.14 Å². The maximum atomic E-state index is 11.0. The summed E-state index contributed by atoms with van der Waals surface area (Å²) in [4.78, 5) is 4.00. The van der Waals surface area contributed by atoms with Gasteiger partial charge in [0.05, 0.1) is 0 Å². The number of pyridine rings is 1. The lowest BCUT2D eigenvalue weighted by Crippen LogP contribution is -2.18. The average molecular weight is 214 g/mol. The first-order chi connectivity index (χ1) is 6.21. The largest absolute Gasteiger partial charge is 0.255 e. The van der Waals surface area contributed by atoms with E-state index in [-0.39, 0.29) is 10.4 Å². The molecule has 4 nitrogen and oxygen atoms in total. The van der Waals surface area contributed by atoms with Crippen molar-refractivity contribution in [1.29, 1.82) is 0 Å². The fourth-order valence-electron chi connectivity index (χ4n) is 0.991. The van der Waals surface area contributed by atoms with Gasteiger partial charge in [0.2, 0.25) is 0 Å². The molecular formula is C9H14N2O2S. The van der Waals surface area contributed by atoms with Gasteiger partial charge in [0, 0.05) is 11.1 Å². The Hall–Kier alpha value is -0.940. The number of primary sulfonamides is 1. The second-order valence-corrected chi connectivity index (χ2v) is 5.66. The third kappa shape index (κ3) is 2.52. The minimum Gasteiger partial charge on any atom is -0.239 e. The second kappa shape index (κ2) is 3.33. The standard InChI is InChI=1S/C9H14N2O2S/c1-9(2,3)7-5-4-6-8(11-7)14(10,12)13/h4-6H,1-3H3,(H2,10,12,13). The topological polar surface area (TPSA) is 73.1 Å². The minimum atomic E-state index is -3.70. The molecular weight excluding hydrogens is 200 g/mol. The molecule has 0 amide bonds. The first kappa shape index (κ1) is 11.1. The Kier molecular flexibility index (Phi) is 2.65. The molecule has 0 bridgehead atoms. The van der Waals surface area contributed by atoms with Gasteiger partial charge < -0.3 is 0 Å². The van der Waals surface area contributed by atoms with Crippen molar-refractivity contribution in [3.05, 3.63) is 23.9 Å². The molecule has 0 spiro atoms. The molecule has 0 fully saturated rings. The Morgan fingerprint density at radius 1 is 1.29 bits per heavy atom. The SMILES string of the molecule is CC(C)(C)c1cccc(S(N)(=O)=O)n1. The van der Waals surface area contributed by atoms with Gasteiger partial charge in [-0.1, -0.05) is 26.8 Å². The Morgan fingerprint density at radius 3 is 2.29 bits per heavy atom. The van der Waals surface area contributed by atoms with Crippen molar-refractivity contribution < 1.29 is 8.42 Å². The molecule has 0 saturated heterocycles. The zero-order chi connectivity index (χ0) is 11.0. The lowest BCUT2D eigenvalue weighted by atomic mass is 9.92. The average Bonchev–Trinajstić information content (AvgIpc) is 2.01. The van der Waals surface area contributed by atoms with Crippen LogP contribution in [0, 0.1) is 0 Å². The van der Waals surface area contributed by atoms with Crippen LogP contribution in [0.1, 0.15) is 26.5 Å². The fraction of sp³-hybridized carbons (Fsp3) is 0.444. The minimum absolute atomic E-state index is 0.0788. The number of rotatable bonds is 1. The van der Waals surface area contributed by atoms with E-state index in [1.54, 1.807) is 12.1 Å². The van der Waals surface area contributed by atoms with Gasteiger partial charge in [0.1, 0.15) is 0 Å². The van der Waals surface area contributed by atoms with E-state index in [0.717, 1.165) is 0 Å². The monoisotopic (exact) mass is 214 g/mol. The Labute approximate surface area is 84.2 Å². The highest BCUT2D eigenvalue weighted by Gasteiger charge is 2.18. The van der Waals surface area contributed by atoms with Crippen molar-refractivity contribution in [2.75, 3.05) is 0 Å². The van der Waals surface area contributed by atoms with Gasteiger partial charge in [0.25, 0.3) is 10.0 Å². The van der Waals surface area contributed by atoms with E-state index in [2.05, 4.69) is 4.98 Å². The smallest absolute Gasteiger partial charge is 0.239 e. The van der Waals surface area contributed by atoms with Crippen LogP contribution in [-0.2, 0) is 15.4 Å². The Morgan fingerprint density at radius 2 is 1.86 bits per heavy atom. The lowest BCUT2D eigenvalue weighted by Gasteiger charge is -2.17. The van der Waals surface area contributed by atoms with Crippen LogP contribution in [-0.4, -0.2) is 13.4 Å². The first-order valence-corrected chi connectivity index (χ1v) is 5.76. The van der Waals surface area contributed by atoms with Crippen LogP contribution in [0.5, 0.6) is 0 Å². The Balaban J connectivity index is 3.29. The van der Waals surface area contributed by atoms with Gasteiger partial charge in [-0.3, -0.25) is 0 Å². The van der Waals surface area contributed by atoms with Crippen LogP contribution in [0.3, 0.4) is 0 Å². The van der Waals surface area contributed by atoms with Gasteiger partial charge in [-0.2, -0.15) is 0 Å². The van der Waals surface area contributed by atoms with Gasteiger partial charge in [0.15, 0.2) is 5.03 Å². The summed E-state index contributed by atoms with van der Waals surface area (Å²) in [6.07, 6.45) is 0. The van der Waals surface area contributed by atoms with Crippen molar-refractivity contribution in [3.8, 4) is 0 Å². The van der Waals surface area contributed by atoms with Gasteiger partial charge in [-0.15, -0.1) is 0 Å².